The first-order chi connectivity index (χ1) is 11.6. The number of benzene rings is 2. The van der Waals surface area contributed by atoms with Gasteiger partial charge in [0.2, 0.25) is 0 Å². The molecule has 0 saturated carbocycles. The topological polar surface area (TPSA) is 68.0 Å². The predicted octanol–water partition coefficient (Wildman–Crippen LogP) is 3.64. The maximum atomic E-state index is 13.6. The Morgan fingerprint density at radius 3 is 2.62 bits per heavy atom. The van der Waals surface area contributed by atoms with Crippen LogP contribution in [0.3, 0.4) is 0 Å². The second-order valence-corrected chi connectivity index (χ2v) is 6.04. The van der Waals surface area contributed by atoms with E-state index in [2.05, 4.69) is 10.2 Å². The fourth-order valence-electron chi connectivity index (χ4n) is 2.22. The number of aromatic nitrogens is 3. The van der Waals surface area contributed by atoms with Gasteiger partial charge in [-0.1, -0.05) is 42.1 Å². The van der Waals surface area contributed by atoms with E-state index >= 15 is 0 Å². The lowest BCUT2D eigenvalue weighted by atomic mass is 10.2. The molecule has 2 aromatic carbocycles. The molecule has 0 fully saturated rings. The largest absolute Gasteiger partial charge is 0.481 e. The lowest BCUT2D eigenvalue weighted by molar-refractivity contribution is -0.136. The summed E-state index contributed by atoms with van der Waals surface area (Å²) in [6.45, 7) is 0. The van der Waals surface area contributed by atoms with Crippen LogP contribution in [-0.2, 0) is 4.79 Å². The molecule has 3 aromatic rings. The first-order valence-corrected chi connectivity index (χ1v) is 8.25. The van der Waals surface area contributed by atoms with Gasteiger partial charge in [0.15, 0.2) is 11.0 Å². The van der Waals surface area contributed by atoms with Crippen LogP contribution >= 0.6 is 11.8 Å². The smallest absolute Gasteiger partial charge is 0.304 e. The number of para-hydroxylation sites is 1. The second-order valence-electron chi connectivity index (χ2n) is 4.98. The Morgan fingerprint density at radius 1 is 1.12 bits per heavy atom. The van der Waals surface area contributed by atoms with Crippen molar-refractivity contribution in [1.29, 1.82) is 0 Å². The van der Waals surface area contributed by atoms with Gasteiger partial charge in [-0.05, 0) is 24.3 Å². The molecule has 0 aliphatic rings. The van der Waals surface area contributed by atoms with Crippen LogP contribution in [0.2, 0.25) is 0 Å². The van der Waals surface area contributed by atoms with Gasteiger partial charge in [0.1, 0.15) is 5.82 Å². The normalized spacial score (nSPS) is 10.7. The van der Waals surface area contributed by atoms with Gasteiger partial charge >= 0.3 is 5.97 Å². The molecular formula is C17H14FN3O2S. The Balaban J connectivity index is 2.03. The molecule has 0 aliphatic heterocycles. The van der Waals surface area contributed by atoms with Gasteiger partial charge in [0.25, 0.3) is 0 Å². The van der Waals surface area contributed by atoms with Gasteiger partial charge in [0, 0.05) is 17.0 Å². The molecule has 0 spiro atoms. The number of carboxylic acid groups (broad SMARTS) is 1. The van der Waals surface area contributed by atoms with Gasteiger partial charge in [-0.15, -0.1) is 10.2 Å². The van der Waals surface area contributed by atoms with Crippen molar-refractivity contribution in [2.45, 2.75) is 11.6 Å². The zero-order valence-corrected chi connectivity index (χ0v) is 13.4. The summed E-state index contributed by atoms with van der Waals surface area (Å²) in [7, 11) is 0. The number of hydrogen-bond acceptors (Lipinski definition) is 4. The Hall–Kier alpha value is -2.67. The summed E-state index contributed by atoms with van der Waals surface area (Å²) in [6.07, 6.45) is 0.0294. The van der Waals surface area contributed by atoms with Crippen molar-refractivity contribution in [2.24, 2.45) is 0 Å². The molecule has 0 bridgehead atoms. The fraction of sp³-hybridized carbons (Fsp3) is 0.118. The van der Waals surface area contributed by atoms with E-state index in [0.717, 1.165) is 5.69 Å². The summed E-state index contributed by atoms with van der Waals surface area (Å²) in [6, 6.07) is 15.6. The van der Waals surface area contributed by atoms with Crippen LogP contribution in [0, 0.1) is 5.82 Å². The average molecular weight is 343 g/mol. The fourth-order valence-corrected chi connectivity index (χ4v) is 3.10. The van der Waals surface area contributed by atoms with Gasteiger partial charge in [-0.2, -0.15) is 0 Å². The number of carboxylic acids is 1. The maximum absolute atomic E-state index is 13.6. The minimum absolute atomic E-state index is 0.0294. The number of carbonyl (C=O) groups is 1. The third-order valence-electron chi connectivity index (χ3n) is 3.28. The molecule has 1 aromatic heterocycles. The number of aliphatic carboxylic acids is 1. The number of halogens is 1. The highest BCUT2D eigenvalue weighted by Gasteiger charge is 2.16. The molecule has 0 amide bonds. The van der Waals surface area contributed by atoms with Crippen molar-refractivity contribution in [2.75, 3.05) is 5.75 Å². The van der Waals surface area contributed by atoms with E-state index in [1.165, 1.54) is 23.9 Å². The van der Waals surface area contributed by atoms with E-state index in [1.54, 1.807) is 16.7 Å². The van der Waals surface area contributed by atoms with E-state index in [4.69, 9.17) is 5.11 Å². The Morgan fingerprint density at radius 2 is 1.92 bits per heavy atom. The molecular weight excluding hydrogens is 329 g/mol. The van der Waals surface area contributed by atoms with Gasteiger partial charge in [0.05, 0.1) is 6.42 Å². The van der Waals surface area contributed by atoms with Crippen LogP contribution in [0.4, 0.5) is 4.39 Å². The summed E-state index contributed by atoms with van der Waals surface area (Å²) in [5.41, 5.74) is 1.44. The van der Waals surface area contributed by atoms with Crippen molar-refractivity contribution >= 4 is 17.7 Å². The van der Waals surface area contributed by atoms with Crippen LogP contribution < -0.4 is 0 Å². The molecule has 0 unspecified atom stereocenters. The van der Waals surface area contributed by atoms with Gasteiger partial charge < -0.3 is 5.11 Å². The lowest BCUT2D eigenvalue weighted by Gasteiger charge is -2.10. The summed E-state index contributed by atoms with van der Waals surface area (Å²) in [5, 5.41) is 17.7. The molecule has 0 radical (unpaired) electrons. The lowest BCUT2D eigenvalue weighted by Crippen LogP contribution is -2.01. The van der Waals surface area contributed by atoms with Crippen LogP contribution in [0.5, 0.6) is 0 Å². The zero-order chi connectivity index (χ0) is 16.9. The Kier molecular flexibility index (Phi) is 4.90. The van der Waals surface area contributed by atoms with Crippen LogP contribution in [0.25, 0.3) is 17.1 Å². The Labute approximate surface area is 142 Å². The van der Waals surface area contributed by atoms with Crippen molar-refractivity contribution in [1.82, 2.24) is 14.8 Å². The van der Waals surface area contributed by atoms with E-state index in [0.29, 0.717) is 22.3 Å². The molecule has 3 rings (SSSR count). The molecule has 122 valence electrons. The van der Waals surface area contributed by atoms with Crippen molar-refractivity contribution in [3.63, 3.8) is 0 Å². The van der Waals surface area contributed by atoms with Crippen molar-refractivity contribution in [3.8, 4) is 17.1 Å². The summed E-state index contributed by atoms with van der Waals surface area (Å²) < 4.78 is 15.4. The van der Waals surface area contributed by atoms with Gasteiger partial charge in [-0.25, -0.2) is 4.39 Å². The number of thioether (sulfide) groups is 1. The molecule has 7 heteroatoms. The SMILES string of the molecule is O=C(O)CCSc1nnc(-c2cccc(F)c2)n1-c1ccccc1. The van der Waals surface area contributed by atoms with Crippen molar-refractivity contribution < 1.29 is 14.3 Å². The molecule has 24 heavy (non-hydrogen) atoms. The average Bonchev–Trinajstić information content (AvgIpc) is 2.99. The van der Waals surface area contributed by atoms with E-state index in [-0.39, 0.29) is 12.2 Å². The molecule has 0 aliphatic carbocycles. The number of rotatable bonds is 6. The second kappa shape index (κ2) is 7.27. The minimum Gasteiger partial charge on any atom is -0.481 e. The standard InChI is InChI=1S/C17H14FN3O2S/c18-13-6-4-5-12(11-13)16-19-20-17(24-10-9-15(22)23)21(16)14-7-2-1-3-8-14/h1-8,11H,9-10H2,(H,22,23). The zero-order valence-electron chi connectivity index (χ0n) is 12.6. The summed E-state index contributed by atoms with van der Waals surface area (Å²) in [4.78, 5) is 10.7. The first kappa shape index (κ1) is 16.2. The van der Waals surface area contributed by atoms with E-state index in [1.807, 2.05) is 30.3 Å². The summed E-state index contributed by atoms with van der Waals surface area (Å²) >= 11 is 1.30. The third kappa shape index (κ3) is 3.62. The highest BCUT2D eigenvalue weighted by atomic mass is 32.2. The number of nitrogens with zero attached hydrogens (tertiary/aromatic N) is 3. The highest BCUT2D eigenvalue weighted by Crippen LogP contribution is 2.28. The van der Waals surface area contributed by atoms with E-state index in [9.17, 15) is 9.18 Å². The molecule has 5 nitrogen and oxygen atoms in total. The van der Waals surface area contributed by atoms with Crippen LogP contribution in [0.15, 0.2) is 59.8 Å². The quantitative estimate of drug-likeness (QED) is 0.692. The van der Waals surface area contributed by atoms with Crippen molar-refractivity contribution in [3.05, 3.63) is 60.4 Å². The highest BCUT2D eigenvalue weighted by molar-refractivity contribution is 7.99. The number of hydrogen-bond donors (Lipinski definition) is 1. The molecule has 0 saturated heterocycles. The minimum atomic E-state index is -0.862. The van der Waals surface area contributed by atoms with Crippen LogP contribution in [-0.4, -0.2) is 31.6 Å². The predicted molar refractivity (Wildman–Crippen MR) is 89.7 cm³/mol. The monoisotopic (exact) mass is 343 g/mol. The summed E-state index contributed by atoms with van der Waals surface area (Å²) in [5.74, 6) is -0.323. The van der Waals surface area contributed by atoms with Crippen LogP contribution in [0.1, 0.15) is 6.42 Å². The molecule has 1 heterocycles. The van der Waals surface area contributed by atoms with Gasteiger partial charge in [-0.3, -0.25) is 9.36 Å². The maximum Gasteiger partial charge on any atom is 0.304 e. The molecule has 1 N–H and O–H groups in total. The van der Waals surface area contributed by atoms with E-state index < -0.39 is 5.97 Å². The Bertz CT molecular complexity index is 852. The first-order valence-electron chi connectivity index (χ1n) is 7.26. The molecule has 0 atom stereocenters. The third-order valence-corrected chi connectivity index (χ3v) is 4.21.